The van der Waals surface area contributed by atoms with Crippen LogP contribution in [-0.4, -0.2) is 47.9 Å². The molecule has 0 aliphatic carbocycles. The lowest BCUT2D eigenvalue weighted by molar-refractivity contribution is -0.137. The molecule has 2 rings (SSSR count). The van der Waals surface area contributed by atoms with Crippen molar-refractivity contribution in [1.82, 2.24) is 9.80 Å². The number of piperazine rings is 1. The Morgan fingerprint density at radius 1 is 1.26 bits per heavy atom. The minimum Gasteiger partial charge on any atom is -0.339 e. The number of rotatable bonds is 3. The fourth-order valence-corrected chi connectivity index (χ4v) is 2.52. The van der Waals surface area contributed by atoms with Crippen molar-refractivity contribution < 1.29 is 18.0 Å². The standard InChI is InChI=1S/C15H20F3N3O.ClH/c1-11(19)14(22)21-7-5-20(6-8-21)10-12-3-2-4-13(9-12)15(16,17)18;/h2-4,9,11H,5-8,10,19H2,1H3;1H. The topological polar surface area (TPSA) is 49.6 Å². The second-order valence-corrected chi connectivity index (χ2v) is 5.59. The minimum absolute atomic E-state index is 0. The van der Waals surface area contributed by atoms with E-state index in [9.17, 15) is 18.0 Å². The highest BCUT2D eigenvalue weighted by atomic mass is 35.5. The maximum Gasteiger partial charge on any atom is 0.416 e. The van der Waals surface area contributed by atoms with Gasteiger partial charge in [0.1, 0.15) is 0 Å². The summed E-state index contributed by atoms with van der Waals surface area (Å²) in [5.74, 6) is -0.0845. The third-order valence-corrected chi connectivity index (χ3v) is 3.73. The number of nitrogens with two attached hydrogens (primary N) is 1. The number of benzene rings is 1. The van der Waals surface area contributed by atoms with Crippen LogP contribution in [-0.2, 0) is 17.5 Å². The molecule has 1 fully saturated rings. The van der Waals surface area contributed by atoms with E-state index >= 15 is 0 Å². The average Bonchev–Trinajstić information content (AvgIpc) is 2.46. The Labute approximate surface area is 139 Å². The predicted molar refractivity (Wildman–Crippen MR) is 84.2 cm³/mol. The van der Waals surface area contributed by atoms with Gasteiger partial charge in [-0.3, -0.25) is 9.69 Å². The van der Waals surface area contributed by atoms with E-state index < -0.39 is 17.8 Å². The summed E-state index contributed by atoms with van der Waals surface area (Å²) in [7, 11) is 0. The zero-order valence-electron chi connectivity index (χ0n) is 12.8. The highest BCUT2D eigenvalue weighted by molar-refractivity contribution is 5.85. The molecular formula is C15H21ClF3N3O. The van der Waals surface area contributed by atoms with Gasteiger partial charge < -0.3 is 10.6 Å². The summed E-state index contributed by atoms with van der Waals surface area (Å²) < 4.78 is 38.1. The smallest absolute Gasteiger partial charge is 0.339 e. The van der Waals surface area contributed by atoms with Crippen LogP contribution >= 0.6 is 12.4 Å². The summed E-state index contributed by atoms with van der Waals surface area (Å²) in [6, 6.07) is 4.85. The minimum atomic E-state index is -4.32. The van der Waals surface area contributed by atoms with E-state index in [1.165, 1.54) is 12.1 Å². The normalized spacial score (nSPS) is 17.5. The number of carbonyl (C=O) groups excluding carboxylic acids is 1. The number of alkyl halides is 3. The highest BCUT2D eigenvalue weighted by Gasteiger charge is 2.30. The first-order chi connectivity index (χ1) is 10.3. The van der Waals surface area contributed by atoms with Crippen LogP contribution < -0.4 is 5.73 Å². The maximum atomic E-state index is 12.7. The summed E-state index contributed by atoms with van der Waals surface area (Å²) in [6.07, 6.45) is -4.32. The second kappa shape index (κ2) is 7.99. The molecule has 1 aromatic carbocycles. The van der Waals surface area contributed by atoms with Gasteiger partial charge in [0, 0.05) is 32.7 Å². The molecule has 1 aromatic rings. The van der Waals surface area contributed by atoms with Crippen molar-refractivity contribution in [2.75, 3.05) is 26.2 Å². The third kappa shape index (κ3) is 5.37. The van der Waals surface area contributed by atoms with Crippen molar-refractivity contribution in [2.45, 2.75) is 25.7 Å². The first kappa shape index (κ1) is 19.7. The van der Waals surface area contributed by atoms with Gasteiger partial charge in [-0.1, -0.05) is 18.2 Å². The summed E-state index contributed by atoms with van der Waals surface area (Å²) in [4.78, 5) is 15.5. The average molecular weight is 352 g/mol. The molecule has 0 saturated carbocycles. The lowest BCUT2D eigenvalue weighted by atomic mass is 10.1. The fraction of sp³-hybridized carbons (Fsp3) is 0.533. The molecule has 1 unspecified atom stereocenters. The Morgan fingerprint density at radius 3 is 2.39 bits per heavy atom. The molecule has 8 heteroatoms. The Kier molecular flexibility index (Phi) is 6.85. The van der Waals surface area contributed by atoms with Crippen LogP contribution in [0.5, 0.6) is 0 Å². The first-order valence-corrected chi connectivity index (χ1v) is 7.20. The summed E-state index contributed by atoms with van der Waals surface area (Å²) in [6.45, 7) is 4.48. The number of amides is 1. The van der Waals surface area contributed by atoms with E-state index in [4.69, 9.17) is 5.73 Å². The lowest BCUT2D eigenvalue weighted by Crippen LogP contribution is -2.52. The zero-order chi connectivity index (χ0) is 16.3. The van der Waals surface area contributed by atoms with Crippen LogP contribution in [0.1, 0.15) is 18.1 Å². The largest absolute Gasteiger partial charge is 0.416 e. The monoisotopic (exact) mass is 351 g/mol. The van der Waals surface area contributed by atoms with Crippen LogP contribution in [0.2, 0.25) is 0 Å². The molecule has 0 aromatic heterocycles. The molecule has 1 heterocycles. The molecule has 1 saturated heterocycles. The van der Waals surface area contributed by atoms with Gasteiger partial charge in [-0.2, -0.15) is 13.2 Å². The summed E-state index contributed by atoms with van der Waals surface area (Å²) in [5.41, 5.74) is 5.57. The summed E-state index contributed by atoms with van der Waals surface area (Å²) in [5, 5.41) is 0. The molecule has 1 aliphatic heterocycles. The van der Waals surface area contributed by atoms with Crippen LogP contribution in [0.3, 0.4) is 0 Å². The van der Waals surface area contributed by atoms with Gasteiger partial charge >= 0.3 is 6.18 Å². The lowest BCUT2D eigenvalue weighted by Gasteiger charge is -2.35. The molecule has 0 spiro atoms. The van der Waals surface area contributed by atoms with Gasteiger partial charge in [0.05, 0.1) is 11.6 Å². The molecule has 1 atom stereocenters. The van der Waals surface area contributed by atoms with E-state index in [1.54, 1.807) is 17.9 Å². The van der Waals surface area contributed by atoms with Crippen molar-refractivity contribution in [3.63, 3.8) is 0 Å². The number of halogens is 4. The van der Waals surface area contributed by atoms with Gasteiger partial charge in [0.25, 0.3) is 0 Å². The SMILES string of the molecule is CC(N)C(=O)N1CCN(Cc2cccc(C(F)(F)F)c2)CC1.Cl. The van der Waals surface area contributed by atoms with E-state index in [2.05, 4.69) is 0 Å². The number of hydrogen-bond acceptors (Lipinski definition) is 3. The molecule has 1 aliphatic rings. The predicted octanol–water partition coefficient (Wildman–Crippen LogP) is 2.12. The molecule has 130 valence electrons. The van der Waals surface area contributed by atoms with Crippen molar-refractivity contribution >= 4 is 18.3 Å². The van der Waals surface area contributed by atoms with Crippen LogP contribution in [0.4, 0.5) is 13.2 Å². The van der Waals surface area contributed by atoms with Crippen molar-refractivity contribution in [1.29, 1.82) is 0 Å². The second-order valence-electron chi connectivity index (χ2n) is 5.59. The number of nitrogens with zero attached hydrogens (tertiary/aromatic N) is 2. The Balaban J connectivity index is 0.00000264. The highest BCUT2D eigenvalue weighted by Crippen LogP contribution is 2.29. The van der Waals surface area contributed by atoms with Gasteiger partial charge in [-0.25, -0.2) is 0 Å². The zero-order valence-corrected chi connectivity index (χ0v) is 13.7. The van der Waals surface area contributed by atoms with Crippen molar-refractivity contribution in [2.24, 2.45) is 5.73 Å². The molecule has 4 nitrogen and oxygen atoms in total. The van der Waals surface area contributed by atoms with Crippen molar-refractivity contribution in [3.8, 4) is 0 Å². The van der Waals surface area contributed by atoms with E-state index in [0.717, 1.165) is 6.07 Å². The van der Waals surface area contributed by atoms with E-state index in [0.29, 0.717) is 38.3 Å². The summed E-state index contributed by atoms with van der Waals surface area (Å²) >= 11 is 0. The van der Waals surface area contributed by atoms with E-state index in [1.807, 2.05) is 4.90 Å². The quantitative estimate of drug-likeness (QED) is 0.907. The van der Waals surface area contributed by atoms with Crippen LogP contribution in [0.15, 0.2) is 24.3 Å². The molecule has 0 bridgehead atoms. The van der Waals surface area contributed by atoms with E-state index in [-0.39, 0.29) is 18.3 Å². The maximum absolute atomic E-state index is 12.7. The Morgan fingerprint density at radius 2 is 1.87 bits per heavy atom. The third-order valence-electron chi connectivity index (χ3n) is 3.73. The molecular weight excluding hydrogens is 331 g/mol. The van der Waals surface area contributed by atoms with Crippen molar-refractivity contribution in [3.05, 3.63) is 35.4 Å². The number of carbonyl (C=O) groups is 1. The Bertz CT molecular complexity index is 529. The molecule has 1 amide bonds. The molecule has 23 heavy (non-hydrogen) atoms. The van der Waals surface area contributed by atoms with Crippen LogP contribution in [0, 0.1) is 0 Å². The van der Waals surface area contributed by atoms with Gasteiger partial charge in [-0.05, 0) is 18.6 Å². The van der Waals surface area contributed by atoms with Gasteiger partial charge in [0.2, 0.25) is 5.91 Å². The molecule has 0 radical (unpaired) electrons. The van der Waals surface area contributed by atoms with Crippen LogP contribution in [0.25, 0.3) is 0 Å². The number of hydrogen-bond donors (Lipinski definition) is 1. The van der Waals surface area contributed by atoms with Gasteiger partial charge in [-0.15, -0.1) is 12.4 Å². The first-order valence-electron chi connectivity index (χ1n) is 7.20. The Hall–Kier alpha value is -1.31. The molecule has 2 N–H and O–H groups in total. The van der Waals surface area contributed by atoms with Gasteiger partial charge in [0.15, 0.2) is 0 Å². The fourth-order valence-electron chi connectivity index (χ4n) is 2.52.